The highest BCUT2D eigenvalue weighted by molar-refractivity contribution is 7.80. The number of nitrogens with one attached hydrogen (secondary N) is 1. The molecule has 28 heavy (non-hydrogen) atoms. The maximum Gasteiger partial charge on any atom is 0.173 e. The SMILES string of the molecule is Cc1cc(N2CCN(C)CC2)nc2ccc(NC(=S)N3CCN(C)CC3)cc12. The van der Waals surface area contributed by atoms with Gasteiger partial charge in [-0.15, -0.1) is 0 Å². The number of aromatic nitrogens is 1. The van der Waals surface area contributed by atoms with Crippen molar-refractivity contribution in [3.05, 3.63) is 29.8 Å². The van der Waals surface area contributed by atoms with E-state index in [2.05, 4.69) is 70.2 Å². The molecule has 2 saturated heterocycles. The van der Waals surface area contributed by atoms with E-state index in [1.807, 2.05) is 0 Å². The maximum absolute atomic E-state index is 5.64. The molecule has 0 amide bonds. The van der Waals surface area contributed by atoms with Gasteiger partial charge in [-0.3, -0.25) is 0 Å². The minimum absolute atomic E-state index is 0.812. The highest BCUT2D eigenvalue weighted by atomic mass is 32.1. The summed E-state index contributed by atoms with van der Waals surface area (Å²) < 4.78 is 0. The van der Waals surface area contributed by atoms with Crippen molar-refractivity contribution in [2.45, 2.75) is 6.92 Å². The van der Waals surface area contributed by atoms with E-state index >= 15 is 0 Å². The fourth-order valence-electron chi connectivity index (χ4n) is 3.86. The van der Waals surface area contributed by atoms with E-state index in [1.165, 1.54) is 10.9 Å². The van der Waals surface area contributed by atoms with Crippen LogP contribution in [0.3, 0.4) is 0 Å². The Labute approximate surface area is 173 Å². The lowest BCUT2D eigenvalue weighted by molar-refractivity contribution is 0.217. The number of aryl methyl sites for hydroxylation is 1. The van der Waals surface area contributed by atoms with Crippen LogP contribution < -0.4 is 10.2 Å². The Bertz CT molecular complexity index is 853. The van der Waals surface area contributed by atoms with Gasteiger partial charge in [0.05, 0.1) is 5.52 Å². The number of benzene rings is 1. The molecule has 1 N–H and O–H groups in total. The molecule has 2 aliphatic heterocycles. The summed E-state index contributed by atoms with van der Waals surface area (Å²) in [7, 11) is 4.33. The number of anilines is 2. The van der Waals surface area contributed by atoms with Crippen molar-refractivity contribution in [3.8, 4) is 0 Å². The van der Waals surface area contributed by atoms with Gasteiger partial charge in [0.25, 0.3) is 0 Å². The second-order valence-electron chi connectivity index (χ2n) is 8.04. The number of likely N-dealkylation sites (N-methyl/N-ethyl adjacent to an activating group) is 2. The van der Waals surface area contributed by atoms with E-state index in [9.17, 15) is 0 Å². The van der Waals surface area contributed by atoms with Gasteiger partial charge in [-0.05, 0) is 63.1 Å². The van der Waals surface area contributed by atoms with Crippen LogP contribution in [-0.2, 0) is 0 Å². The van der Waals surface area contributed by atoms with Crippen molar-refractivity contribution in [1.29, 1.82) is 0 Å². The van der Waals surface area contributed by atoms with Gasteiger partial charge in [0.1, 0.15) is 5.82 Å². The quantitative estimate of drug-likeness (QED) is 0.778. The second kappa shape index (κ2) is 8.19. The van der Waals surface area contributed by atoms with Gasteiger partial charge in [-0.25, -0.2) is 4.98 Å². The van der Waals surface area contributed by atoms with Crippen molar-refractivity contribution >= 4 is 39.7 Å². The van der Waals surface area contributed by atoms with Gasteiger partial charge in [-0.2, -0.15) is 0 Å². The number of nitrogens with zero attached hydrogens (tertiary/aromatic N) is 5. The van der Waals surface area contributed by atoms with Crippen LogP contribution >= 0.6 is 12.2 Å². The fraction of sp³-hybridized carbons (Fsp3) is 0.524. The minimum Gasteiger partial charge on any atom is -0.354 e. The number of piperazine rings is 2. The topological polar surface area (TPSA) is 37.9 Å². The van der Waals surface area contributed by atoms with Crippen LogP contribution in [-0.4, -0.2) is 91.2 Å². The summed E-state index contributed by atoms with van der Waals surface area (Å²) >= 11 is 5.64. The van der Waals surface area contributed by atoms with Gasteiger partial charge < -0.3 is 24.9 Å². The molecule has 1 aromatic heterocycles. The highest BCUT2D eigenvalue weighted by Gasteiger charge is 2.18. The fourth-order valence-corrected chi connectivity index (χ4v) is 4.16. The third-order valence-electron chi connectivity index (χ3n) is 5.87. The predicted molar refractivity (Wildman–Crippen MR) is 121 cm³/mol. The van der Waals surface area contributed by atoms with Crippen molar-refractivity contribution < 1.29 is 0 Å². The molecular formula is C21H30N6S. The number of hydrogen-bond acceptors (Lipinski definition) is 5. The number of fused-ring (bicyclic) bond motifs is 1. The number of thiocarbonyl (C=S) groups is 1. The predicted octanol–water partition coefficient (Wildman–Crippen LogP) is 2.24. The van der Waals surface area contributed by atoms with Crippen LogP contribution in [0.25, 0.3) is 10.9 Å². The Hall–Kier alpha value is -1.96. The average molecular weight is 399 g/mol. The molecule has 0 aliphatic carbocycles. The van der Waals surface area contributed by atoms with Crippen molar-refractivity contribution in [2.24, 2.45) is 0 Å². The molecule has 2 aliphatic rings. The molecule has 2 fully saturated rings. The normalized spacial score (nSPS) is 19.2. The lowest BCUT2D eigenvalue weighted by atomic mass is 10.1. The molecule has 1 aromatic carbocycles. The zero-order valence-corrected chi connectivity index (χ0v) is 17.9. The summed E-state index contributed by atoms with van der Waals surface area (Å²) in [5, 5.41) is 5.42. The molecular weight excluding hydrogens is 368 g/mol. The molecule has 2 aromatic rings. The highest BCUT2D eigenvalue weighted by Crippen LogP contribution is 2.26. The van der Waals surface area contributed by atoms with E-state index in [4.69, 9.17) is 17.2 Å². The van der Waals surface area contributed by atoms with Gasteiger partial charge in [0.15, 0.2) is 5.11 Å². The van der Waals surface area contributed by atoms with Gasteiger partial charge in [0.2, 0.25) is 0 Å². The standard InChI is InChI=1S/C21H30N6S/c1-16-14-20(26-10-6-24(2)7-11-26)23-19-5-4-17(15-18(16)19)22-21(28)27-12-8-25(3)9-13-27/h4-5,14-15H,6-13H2,1-3H3,(H,22,28). The van der Waals surface area contributed by atoms with E-state index in [1.54, 1.807) is 0 Å². The molecule has 0 bridgehead atoms. The zero-order chi connectivity index (χ0) is 19.7. The largest absolute Gasteiger partial charge is 0.354 e. The van der Waals surface area contributed by atoms with E-state index in [-0.39, 0.29) is 0 Å². The molecule has 7 heteroatoms. The summed E-state index contributed by atoms with van der Waals surface area (Å²) in [4.78, 5) is 14.3. The number of pyridine rings is 1. The Kier molecular flexibility index (Phi) is 5.66. The van der Waals surface area contributed by atoms with Crippen LogP contribution in [0.15, 0.2) is 24.3 Å². The second-order valence-corrected chi connectivity index (χ2v) is 8.43. The Morgan fingerprint density at radius 1 is 0.929 bits per heavy atom. The van der Waals surface area contributed by atoms with Crippen molar-refractivity contribution in [1.82, 2.24) is 19.7 Å². The molecule has 150 valence electrons. The van der Waals surface area contributed by atoms with E-state index < -0.39 is 0 Å². The lowest BCUT2D eigenvalue weighted by Crippen LogP contribution is -2.48. The first-order chi connectivity index (χ1) is 13.5. The lowest BCUT2D eigenvalue weighted by Gasteiger charge is -2.34. The minimum atomic E-state index is 0.812. The summed E-state index contributed by atoms with van der Waals surface area (Å²) in [5.41, 5.74) is 3.34. The first-order valence-corrected chi connectivity index (χ1v) is 10.5. The van der Waals surface area contributed by atoms with Gasteiger partial charge in [0, 0.05) is 63.4 Å². The molecule has 6 nitrogen and oxygen atoms in total. The van der Waals surface area contributed by atoms with Gasteiger partial charge in [-0.1, -0.05) is 0 Å². The van der Waals surface area contributed by atoms with Crippen LogP contribution in [0.2, 0.25) is 0 Å². The molecule has 0 unspecified atom stereocenters. The van der Waals surface area contributed by atoms with Gasteiger partial charge >= 0.3 is 0 Å². The number of rotatable bonds is 2. The first kappa shape index (κ1) is 19.4. The van der Waals surface area contributed by atoms with Crippen molar-refractivity contribution in [3.63, 3.8) is 0 Å². The Balaban J connectivity index is 1.50. The summed E-state index contributed by atoms with van der Waals surface area (Å²) in [6.45, 7) is 10.5. The van der Waals surface area contributed by atoms with Crippen LogP contribution in [0.5, 0.6) is 0 Å². The van der Waals surface area contributed by atoms with Crippen LogP contribution in [0, 0.1) is 6.92 Å². The summed E-state index contributed by atoms with van der Waals surface area (Å²) in [6.07, 6.45) is 0. The molecule has 3 heterocycles. The third kappa shape index (κ3) is 4.21. The number of hydrogen-bond donors (Lipinski definition) is 1. The van der Waals surface area contributed by atoms with Crippen LogP contribution in [0.1, 0.15) is 5.56 Å². The maximum atomic E-state index is 5.64. The zero-order valence-electron chi connectivity index (χ0n) is 17.1. The van der Waals surface area contributed by atoms with E-state index in [0.29, 0.717) is 0 Å². The van der Waals surface area contributed by atoms with E-state index in [0.717, 1.165) is 74.5 Å². The smallest absolute Gasteiger partial charge is 0.173 e. The van der Waals surface area contributed by atoms with Crippen LogP contribution in [0.4, 0.5) is 11.5 Å². The summed E-state index contributed by atoms with van der Waals surface area (Å²) in [5.74, 6) is 1.09. The Morgan fingerprint density at radius 3 is 2.25 bits per heavy atom. The summed E-state index contributed by atoms with van der Waals surface area (Å²) in [6, 6.07) is 8.59. The third-order valence-corrected chi connectivity index (χ3v) is 6.23. The van der Waals surface area contributed by atoms with Crippen molar-refractivity contribution in [2.75, 3.05) is 76.7 Å². The molecule has 0 saturated carbocycles. The Morgan fingerprint density at radius 2 is 1.57 bits per heavy atom. The molecule has 0 spiro atoms. The molecule has 0 atom stereocenters. The molecule has 0 radical (unpaired) electrons. The first-order valence-electron chi connectivity index (χ1n) is 10.1. The monoisotopic (exact) mass is 398 g/mol. The average Bonchev–Trinajstić information content (AvgIpc) is 2.69. The molecule has 4 rings (SSSR count).